The molecule has 1 aliphatic carbocycles. The summed E-state index contributed by atoms with van der Waals surface area (Å²) < 4.78 is 5.74. The predicted octanol–water partition coefficient (Wildman–Crippen LogP) is 3.94. The van der Waals surface area contributed by atoms with Gasteiger partial charge in [0, 0.05) is 11.6 Å². The molecule has 2 aromatic carbocycles. The highest BCUT2D eigenvalue weighted by atomic mass is 35.5. The maximum Gasteiger partial charge on any atom is 0.248 e. The molecule has 1 atom stereocenters. The van der Waals surface area contributed by atoms with Crippen LogP contribution in [-0.2, 0) is 10.3 Å². The third kappa shape index (κ3) is 3.38. The van der Waals surface area contributed by atoms with Gasteiger partial charge in [-0.05, 0) is 43.5 Å². The molecule has 1 aromatic heterocycles. The van der Waals surface area contributed by atoms with Gasteiger partial charge in [0.05, 0.1) is 0 Å². The van der Waals surface area contributed by atoms with Crippen LogP contribution in [0.2, 0.25) is 0 Å². The first-order chi connectivity index (χ1) is 11.5. The molecule has 1 aliphatic rings. The Labute approximate surface area is 152 Å². The number of oxazole rings is 1. The average Bonchev–Trinajstić information content (AvgIpc) is 3.35. The van der Waals surface area contributed by atoms with Crippen LogP contribution >= 0.6 is 12.4 Å². The summed E-state index contributed by atoms with van der Waals surface area (Å²) in [5, 5.41) is 2.88. The molecule has 0 saturated heterocycles. The normalized spacial score (nSPS) is 16.1. The van der Waals surface area contributed by atoms with Crippen molar-refractivity contribution in [3.05, 3.63) is 60.0 Å². The number of hydrogen-bond donors (Lipinski definition) is 2. The van der Waals surface area contributed by atoms with E-state index in [-0.39, 0.29) is 18.3 Å². The Bertz CT molecular complexity index is 901. The quantitative estimate of drug-likeness (QED) is 0.741. The lowest BCUT2D eigenvalue weighted by Gasteiger charge is -2.24. The van der Waals surface area contributed by atoms with E-state index >= 15 is 0 Å². The monoisotopic (exact) mass is 357 g/mol. The van der Waals surface area contributed by atoms with Crippen LogP contribution in [-0.4, -0.2) is 10.9 Å². The average molecular weight is 358 g/mol. The van der Waals surface area contributed by atoms with Gasteiger partial charge in [-0.2, -0.15) is 0 Å². The van der Waals surface area contributed by atoms with E-state index in [1.807, 2.05) is 48.5 Å². The lowest BCUT2D eigenvalue weighted by Crippen LogP contribution is -2.45. The number of halogens is 1. The van der Waals surface area contributed by atoms with E-state index in [0.717, 1.165) is 35.4 Å². The van der Waals surface area contributed by atoms with E-state index in [1.165, 1.54) is 0 Å². The SMILES string of the molecule is CC(N)(C(=O)Nc1ccc2oc(C3CC3)nc2c1)c1ccccc1.Cl. The molecular formula is C19H20ClN3O2. The molecule has 3 aromatic rings. The minimum atomic E-state index is -1.11. The van der Waals surface area contributed by atoms with Crippen molar-refractivity contribution < 1.29 is 9.21 Å². The fraction of sp³-hybridized carbons (Fsp3) is 0.263. The van der Waals surface area contributed by atoms with Crippen molar-refractivity contribution in [2.75, 3.05) is 5.32 Å². The Hall–Kier alpha value is -2.37. The summed E-state index contributed by atoms with van der Waals surface area (Å²) in [6.45, 7) is 1.71. The molecule has 0 spiro atoms. The summed E-state index contributed by atoms with van der Waals surface area (Å²) in [7, 11) is 0. The summed E-state index contributed by atoms with van der Waals surface area (Å²) in [5.41, 5.74) is 8.07. The van der Waals surface area contributed by atoms with Crippen LogP contribution in [0.5, 0.6) is 0 Å². The number of benzene rings is 2. The van der Waals surface area contributed by atoms with Crippen molar-refractivity contribution in [2.45, 2.75) is 31.2 Å². The van der Waals surface area contributed by atoms with Gasteiger partial charge >= 0.3 is 0 Å². The number of nitrogens with zero attached hydrogens (tertiary/aromatic N) is 1. The summed E-state index contributed by atoms with van der Waals surface area (Å²) in [6.07, 6.45) is 2.28. The number of carbonyl (C=O) groups is 1. The highest BCUT2D eigenvalue weighted by Gasteiger charge is 2.31. The van der Waals surface area contributed by atoms with Gasteiger partial charge in [0.2, 0.25) is 5.91 Å². The Balaban J connectivity index is 0.00000182. The number of fused-ring (bicyclic) bond motifs is 1. The Morgan fingerprint density at radius 1 is 1.24 bits per heavy atom. The van der Waals surface area contributed by atoms with E-state index in [0.29, 0.717) is 11.6 Å². The number of rotatable bonds is 4. The highest BCUT2D eigenvalue weighted by molar-refractivity contribution is 5.99. The molecule has 1 unspecified atom stereocenters. The maximum absolute atomic E-state index is 12.6. The molecule has 3 N–H and O–H groups in total. The van der Waals surface area contributed by atoms with Crippen molar-refractivity contribution in [1.29, 1.82) is 0 Å². The first kappa shape index (κ1) is 17.5. The summed E-state index contributed by atoms with van der Waals surface area (Å²) in [4.78, 5) is 17.1. The number of amides is 1. The zero-order valence-corrected chi connectivity index (χ0v) is 14.7. The predicted molar refractivity (Wildman–Crippen MR) is 99.8 cm³/mol. The van der Waals surface area contributed by atoms with Crippen molar-refractivity contribution in [2.24, 2.45) is 5.73 Å². The molecular weight excluding hydrogens is 338 g/mol. The summed E-state index contributed by atoms with van der Waals surface area (Å²) >= 11 is 0. The van der Waals surface area contributed by atoms with Crippen LogP contribution in [0.4, 0.5) is 5.69 Å². The van der Waals surface area contributed by atoms with Crippen molar-refractivity contribution >= 4 is 35.1 Å². The van der Waals surface area contributed by atoms with Crippen LogP contribution in [0, 0.1) is 0 Å². The number of carbonyl (C=O) groups excluding carboxylic acids is 1. The first-order valence-electron chi connectivity index (χ1n) is 8.10. The molecule has 4 rings (SSSR count). The molecule has 0 radical (unpaired) electrons. The maximum atomic E-state index is 12.6. The Morgan fingerprint density at radius 3 is 2.64 bits per heavy atom. The van der Waals surface area contributed by atoms with Crippen LogP contribution in [0.15, 0.2) is 52.9 Å². The lowest BCUT2D eigenvalue weighted by molar-refractivity contribution is -0.120. The van der Waals surface area contributed by atoms with Crippen LogP contribution in [0.3, 0.4) is 0 Å². The van der Waals surface area contributed by atoms with E-state index in [1.54, 1.807) is 6.92 Å². The second kappa shape index (κ2) is 6.50. The van der Waals surface area contributed by atoms with Gasteiger partial charge in [0.1, 0.15) is 11.1 Å². The van der Waals surface area contributed by atoms with Crippen molar-refractivity contribution in [3.63, 3.8) is 0 Å². The molecule has 1 fully saturated rings. The topological polar surface area (TPSA) is 81.2 Å². The molecule has 1 amide bonds. The zero-order valence-electron chi connectivity index (χ0n) is 13.9. The minimum Gasteiger partial charge on any atom is -0.440 e. The second-order valence-corrected chi connectivity index (χ2v) is 6.53. The van der Waals surface area contributed by atoms with Crippen LogP contribution < -0.4 is 11.1 Å². The van der Waals surface area contributed by atoms with Gasteiger partial charge in [-0.3, -0.25) is 4.79 Å². The van der Waals surface area contributed by atoms with Gasteiger partial charge in [0.15, 0.2) is 11.5 Å². The third-order valence-corrected chi connectivity index (χ3v) is 4.43. The van der Waals surface area contributed by atoms with Gasteiger partial charge in [-0.1, -0.05) is 30.3 Å². The molecule has 1 heterocycles. The van der Waals surface area contributed by atoms with Crippen molar-refractivity contribution in [3.8, 4) is 0 Å². The third-order valence-electron chi connectivity index (χ3n) is 4.43. The Kier molecular flexibility index (Phi) is 4.54. The number of hydrogen-bond acceptors (Lipinski definition) is 4. The molecule has 6 heteroatoms. The second-order valence-electron chi connectivity index (χ2n) is 6.53. The Morgan fingerprint density at radius 2 is 1.96 bits per heavy atom. The number of aromatic nitrogens is 1. The largest absolute Gasteiger partial charge is 0.440 e. The van der Waals surface area contributed by atoms with Gasteiger partial charge in [0.25, 0.3) is 0 Å². The first-order valence-corrected chi connectivity index (χ1v) is 8.10. The van der Waals surface area contributed by atoms with Gasteiger partial charge < -0.3 is 15.5 Å². The van der Waals surface area contributed by atoms with Crippen LogP contribution in [0.1, 0.15) is 37.1 Å². The van der Waals surface area contributed by atoms with E-state index < -0.39 is 5.54 Å². The lowest BCUT2D eigenvalue weighted by atomic mass is 9.92. The number of nitrogens with one attached hydrogen (secondary N) is 1. The molecule has 5 nitrogen and oxygen atoms in total. The smallest absolute Gasteiger partial charge is 0.248 e. The van der Waals surface area contributed by atoms with E-state index in [2.05, 4.69) is 10.3 Å². The molecule has 25 heavy (non-hydrogen) atoms. The fourth-order valence-electron chi connectivity index (χ4n) is 2.70. The molecule has 0 bridgehead atoms. The summed E-state index contributed by atoms with van der Waals surface area (Å²) in [6, 6.07) is 14.8. The van der Waals surface area contributed by atoms with Gasteiger partial charge in [-0.25, -0.2) is 4.98 Å². The van der Waals surface area contributed by atoms with E-state index in [9.17, 15) is 4.79 Å². The van der Waals surface area contributed by atoms with Gasteiger partial charge in [-0.15, -0.1) is 12.4 Å². The zero-order chi connectivity index (χ0) is 16.7. The van der Waals surface area contributed by atoms with Crippen molar-refractivity contribution in [1.82, 2.24) is 4.98 Å². The highest BCUT2D eigenvalue weighted by Crippen LogP contribution is 2.40. The van der Waals surface area contributed by atoms with E-state index in [4.69, 9.17) is 10.2 Å². The fourth-order valence-corrected chi connectivity index (χ4v) is 2.70. The number of anilines is 1. The molecule has 0 aliphatic heterocycles. The molecule has 1 saturated carbocycles. The standard InChI is InChI=1S/C19H19N3O2.ClH/c1-19(20,13-5-3-2-4-6-13)18(23)21-14-9-10-16-15(11-14)22-17(24-16)12-7-8-12;/h2-6,9-12H,7-8,20H2,1H3,(H,21,23);1H. The summed E-state index contributed by atoms with van der Waals surface area (Å²) in [5.74, 6) is 0.987. The number of nitrogens with two attached hydrogens (primary N) is 1. The van der Waals surface area contributed by atoms with Crippen LogP contribution in [0.25, 0.3) is 11.1 Å². The minimum absolute atomic E-state index is 0. The molecule has 130 valence electrons.